The minimum atomic E-state index is -0.542. The second kappa shape index (κ2) is 4.73. The van der Waals surface area contributed by atoms with Crippen molar-refractivity contribution in [3.05, 3.63) is 56.2 Å². The van der Waals surface area contributed by atoms with Crippen LogP contribution < -0.4 is 0 Å². The van der Waals surface area contributed by atoms with E-state index in [9.17, 15) is 10.1 Å². The van der Waals surface area contributed by atoms with Gasteiger partial charge < -0.3 is 10.1 Å². The Kier molecular flexibility index (Phi) is 3.31. The van der Waals surface area contributed by atoms with Gasteiger partial charge in [0, 0.05) is 10.0 Å². The van der Waals surface area contributed by atoms with E-state index in [1.807, 2.05) is 0 Å². The van der Waals surface area contributed by atoms with Crippen LogP contribution in [-0.2, 0) is 6.54 Å². The summed E-state index contributed by atoms with van der Waals surface area (Å²) in [6.45, 7) is 0.365. The van der Waals surface area contributed by atoms with Gasteiger partial charge in [0.2, 0.25) is 0 Å². The first-order chi connectivity index (χ1) is 8.06. The largest absolute Gasteiger partial charge is 0.389 e. The monoisotopic (exact) mass is 271 g/mol. The number of hydrogen-bond donors (Lipinski definition) is 0. The molecule has 0 saturated heterocycles. The predicted octanol–water partition coefficient (Wildman–Crippen LogP) is 3.15. The van der Waals surface area contributed by atoms with E-state index in [0.29, 0.717) is 16.6 Å². The van der Waals surface area contributed by atoms with Crippen molar-refractivity contribution in [3.63, 3.8) is 0 Å². The zero-order valence-corrected chi connectivity index (χ0v) is 10.0. The molecule has 0 saturated carbocycles. The van der Waals surface area contributed by atoms with Crippen LogP contribution in [0.15, 0.2) is 30.5 Å². The second-order valence-corrected chi connectivity index (χ2v) is 4.21. The Labute approximate surface area is 107 Å². The number of benzene rings is 1. The lowest BCUT2D eigenvalue weighted by atomic mass is 10.2. The lowest BCUT2D eigenvalue weighted by Crippen LogP contribution is -2.01. The lowest BCUT2D eigenvalue weighted by molar-refractivity contribution is -0.389. The summed E-state index contributed by atoms with van der Waals surface area (Å²) in [5.41, 5.74) is 0.800. The number of hydrogen-bond acceptors (Lipinski definition) is 3. The maximum absolute atomic E-state index is 10.5. The third-order valence-electron chi connectivity index (χ3n) is 2.16. The molecule has 0 amide bonds. The molecule has 0 aliphatic carbocycles. The van der Waals surface area contributed by atoms with Gasteiger partial charge in [-0.2, -0.15) is 4.68 Å². The lowest BCUT2D eigenvalue weighted by Gasteiger charge is -2.02. The Hall–Kier alpha value is -1.59. The zero-order chi connectivity index (χ0) is 12.4. The van der Waals surface area contributed by atoms with Crippen molar-refractivity contribution < 1.29 is 4.92 Å². The van der Waals surface area contributed by atoms with Crippen molar-refractivity contribution >= 4 is 29.0 Å². The molecule has 0 aliphatic rings. The van der Waals surface area contributed by atoms with Crippen LogP contribution in [0.25, 0.3) is 0 Å². The highest BCUT2D eigenvalue weighted by Crippen LogP contribution is 2.21. The molecule has 7 heteroatoms. The van der Waals surface area contributed by atoms with E-state index in [2.05, 4.69) is 5.10 Å². The van der Waals surface area contributed by atoms with Gasteiger partial charge in [0.25, 0.3) is 0 Å². The molecule has 0 fully saturated rings. The molecule has 0 N–H and O–H groups in total. The van der Waals surface area contributed by atoms with Gasteiger partial charge in [0.1, 0.15) is 0 Å². The van der Waals surface area contributed by atoms with Crippen molar-refractivity contribution in [1.82, 2.24) is 9.78 Å². The molecule has 0 radical (unpaired) electrons. The van der Waals surface area contributed by atoms with Gasteiger partial charge in [-0.15, -0.1) is 0 Å². The molecular formula is C10H7Cl2N3O2. The van der Waals surface area contributed by atoms with Gasteiger partial charge in [-0.05, 0) is 22.6 Å². The molecule has 1 aromatic carbocycles. The van der Waals surface area contributed by atoms with Crippen molar-refractivity contribution in [2.75, 3.05) is 0 Å². The van der Waals surface area contributed by atoms with Gasteiger partial charge in [-0.3, -0.25) is 0 Å². The molecule has 2 rings (SSSR count). The molecule has 17 heavy (non-hydrogen) atoms. The van der Waals surface area contributed by atoms with Gasteiger partial charge in [-0.25, -0.2) is 0 Å². The molecule has 0 bridgehead atoms. The Balaban J connectivity index is 2.22. The van der Waals surface area contributed by atoms with Crippen LogP contribution in [0, 0.1) is 10.1 Å². The highest BCUT2D eigenvalue weighted by Gasteiger charge is 2.12. The molecule has 5 nitrogen and oxygen atoms in total. The Morgan fingerprint density at radius 3 is 2.71 bits per heavy atom. The van der Waals surface area contributed by atoms with Gasteiger partial charge in [0.05, 0.1) is 23.9 Å². The van der Waals surface area contributed by atoms with Crippen LogP contribution in [0.1, 0.15) is 5.56 Å². The van der Waals surface area contributed by atoms with E-state index in [4.69, 9.17) is 23.2 Å². The van der Waals surface area contributed by atoms with E-state index >= 15 is 0 Å². The van der Waals surface area contributed by atoms with E-state index in [1.165, 1.54) is 16.9 Å². The molecule has 0 spiro atoms. The fourth-order valence-electron chi connectivity index (χ4n) is 1.36. The summed E-state index contributed by atoms with van der Waals surface area (Å²) in [4.78, 5) is 9.92. The normalized spacial score (nSPS) is 10.5. The molecular weight excluding hydrogens is 265 g/mol. The number of rotatable bonds is 3. The topological polar surface area (TPSA) is 61.0 Å². The maximum Gasteiger partial charge on any atom is 0.389 e. The van der Waals surface area contributed by atoms with Gasteiger partial charge in [0.15, 0.2) is 0 Å². The average molecular weight is 272 g/mol. The van der Waals surface area contributed by atoms with E-state index in [-0.39, 0.29) is 5.82 Å². The van der Waals surface area contributed by atoms with E-state index < -0.39 is 4.92 Å². The molecule has 1 aromatic heterocycles. The standard InChI is InChI=1S/C10H7Cl2N3O2/c11-8-2-1-7(9(12)5-8)6-14-4-3-10(13-14)15(16)17/h1-5H,6H2. The Morgan fingerprint density at radius 1 is 1.35 bits per heavy atom. The molecule has 0 atom stereocenters. The van der Waals surface area contributed by atoms with Crippen LogP contribution in [0.2, 0.25) is 10.0 Å². The summed E-state index contributed by atoms with van der Waals surface area (Å²) in [5, 5.41) is 15.3. The van der Waals surface area contributed by atoms with Gasteiger partial charge >= 0.3 is 5.82 Å². The molecule has 0 aliphatic heterocycles. The van der Waals surface area contributed by atoms with Crippen LogP contribution in [0.5, 0.6) is 0 Å². The highest BCUT2D eigenvalue weighted by atomic mass is 35.5. The predicted molar refractivity (Wildman–Crippen MR) is 64.4 cm³/mol. The van der Waals surface area contributed by atoms with Crippen molar-refractivity contribution in [1.29, 1.82) is 0 Å². The summed E-state index contributed by atoms with van der Waals surface area (Å²) in [6.07, 6.45) is 1.53. The van der Waals surface area contributed by atoms with Crippen molar-refractivity contribution in [2.24, 2.45) is 0 Å². The van der Waals surface area contributed by atoms with Gasteiger partial charge in [-0.1, -0.05) is 29.3 Å². The first-order valence-corrected chi connectivity index (χ1v) is 5.43. The second-order valence-electron chi connectivity index (χ2n) is 3.36. The van der Waals surface area contributed by atoms with Crippen molar-refractivity contribution in [2.45, 2.75) is 6.54 Å². The van der Waals surface area contributed by atoms with Crippen LogP contribution in [0.4, 0.5) is 5.82 Å². The van der Waals surface area contributed by atoms with Crippen LogP contribution in [0.3, 0.4) is 0 Å². The summed E-state index contributed by atoms with van der Waals surface area (Å²) in [7, 11) is 0. The minimum absolute atomic E-state index is 0.185. The summed E-state index contributed by atoms with van der Waals surface area (Å²) in [6, 6.07) is 6.43. The fourth-order valence-corrected chi connectivity index (χ4v) is 1.83. The quantitative estimate of drug-likeness (QED) is 0.637. The third-order valence-corrected chi connectivity index (χ3v) is 2.75. The SMILES string of the molecule is O=[N+]([O-])c1ccn(Cc2ccc(Cl)cc2Cl)n1. The summed E-state index contributed by atoms with van der Waals surface area (Å²) < 4.78 is 1.45. The van der Waals surface area contributed by atoms with E-state index in [0.717, 1.165) is 5.56 Å². The Bertz CT molecular complexity index is 568. The number of nitro groups is 1. The highest BCUT2D eigenvalue weighted by molar-refractivity contribution is 6.35. The van der Waals surface area contributed by atoms with E-state index in [1.54, 1.807) is 18.2 Å². The average Bonchev–Trinajstić information content (AvgIpc) is 2.71. The van der Waals surface area contributed by atoms with Crippen molar-refractivity contribution in [3.8, 4) is 0 Å². The molecule has 1 heterocycles. The first-order valence-electron chi connectivity index (χ1n) is 4.68. The molecule has 88 valence electrons. The smallest absolute Gasteiger partial charge is 0.358 e. The summed E-state index contributed by atoms with van der Waals surface area (Å²) >= 11 is 11.8. The third kappa shape index (κ3) is 2.75. The molecule has 2 aromatic rings. The Morgan fingerprint density at radius 2 is 2.12 bits per heavy atom. The molecule has 0 unspecified atom stereocenters. The number of halogens is 2. The maximum atomic E-state index is 10.5. The minimum Gasteiger partial charge on any atom is -0.358 e. The summed E-state index contributed by atoms with van der Waals surface area (Å²) in [5.74, 6) is -0.185. The number of nitrogens with zero attached hydrogens (tertiary/aromatic N) is 3. The van der Waals surface area contributed by atoms with Crippen LogP contribution in [-0.4, -0.2) is 14.7 Å². The zero-order valence-electron chi connectivity index (χ0n) is 8.51. The first kappa shape index (κ1) is 11.9. The van der Waals surface area contributed by atoms with Crippen LogP contribution >= 0.6 is 23.2 Å². The number of aromatic nitrogens is 2. The fraction of sp³-hybridized carbons (Fsp3) is 0.100.